The lowest BCUT2D eigenvalue weighted by Crippen LogP contribution is -2.45. The van der Waals surface area contributed by atoms with E-state index in [0.717, 1.165) is 17.1 Å². The molecule has 1 amide bonds. The molecule has 0 aliphatic rings. The third-order valence-electron chi connectivity index (χ3n) is 3.36. The topological polar surface area (TPSA) is 56.8 Å². The van der Waals surface area contributed by atoms with Crippen LogP contribution in [0.1, 0.15) is 26.3 Å². The summed E-state index contributed by atoms with van der Waals surface area (Å²) in [5, 5.41) is 2.82. The van der Waals surface area contributed by atoms with Crippen molar-refractivity contribution >= 4 is 6.09 Å². The summed E-state index contributed by atoms with van der Waals surface area (Å²) in [5.41, 5.74) is 0.548. The molecule has 0 aliphatic heterocycles. The molecule has 1 N–H and O–H groups in total. The molecule has 0 radical (unpaired) electrons. The zero-order valence-electron chi connectivity index (χ0n) is 15.8. The molecule has 5 nitrogen and oxygen atoms in total. The molecule has 5 heteroatoms. The predicted octanol–water partition coefficient (Wildman–Crippen LogP) is 4.35. The van der Waals surface area contributed by atoms with Gasteiger partial charge in [0.2, 0.25) is 0 Å². The average Bonchev–Trinajstić information content (AvgIpc) is 2.56. The first kappa shape index (κ1) is 19.6. The summed E-state index contributed by atoms with van der Waals surface area (Å²) in [6.07, 6.45) is -0.494. The van der Waals surface area contributed by atoms with Gasteiger partial charge in [0, 0.05) is 0 Å². The molecule has 2 aromatic carbocycles. The van der Waals surface area contributed by atoms with Crippen LogP contribution in [0.15, 0.2) is 54.6 Å². The molecule has 1 atom stereocenters. The van der Waals surface area contributed by atoms with Crippen LogP contribution in [0.25, 0.3) is 0 Å². The maximum atomic E-state index is 12.1. The summed E-state index contributed by atoms with van der Waals surface area (Å²) in [7, 11) is 0. The van der Waals surface area contributed by atoms with Crippen LogP contribution in [0.3, 0.4) is 0 Å². The summed E-state index contributed by atoms with van der Waals surface area (Å²) in [4.78, 5) is 12.1. The average molecular weight is 357 g/mol. The van der Waals surface area contributed by atoms with Gasteiger partial charge in [0.1, 0.15) is 36.4 Å². The first-order valence-corrected chi connectivity index (χ1v) is 8.69. The highest BCUT2D eigenvalue weighted by Crippen LogP contribution is 2.14. The minimum Gasteiger partial charge on any atom is -0.491 e. The van der Waals surface area contributed by atoms with Crippen molar-refractivity contribution in [2.75, 3.05) is 13.2 Å². The number of carbonyl (C=O) groups is 1. The maximum Gasteiger partial charge on any atom is 0.408 e. The fourth-order valence-electron chi connectivity index (χ4n) is 2.22. The number of hydrogen-bond acceptors (Lipinski definition) is 4. The lowest BCUT2D eigenvalue weighted by atomic mass is 10.2. The summed E-state index contributed by atoms with van der Waals surface area (Å²) in [6, 6.07) is 16.9. The fraction of sp³-hybridized carbons (Fsp3) is 0.381. The SMILES string of the molecule is Cc1cccc(OC[C@H](COc2ccccc2)NC(=O)OC(C)(C)C)c1. The van der Waals surface area contributed by atoms with Crippen molar-refractivity contribution in [2.45, 2.75) is 39.3 Å². The Morgan fingerprint density at radius 3 is 2.19 bits per heavy atom. The van der Waals surface area contributed by atoms with E-state index >= 15 is 0 Å². The van der Waals surface area contributed by atoms with E-state index in [0.29, 0.717) is 0 Å². The molecule has 0 saturated heterocycles. The van der Waals surface area contributed by atoms with E-state index in [9.17, 15) is 4.79 Å². The molecule has 0 unspecified atom stereocenters. The number of ether oxygens (including phenoxy) is 3. The molecule has 0 aliphatic carbocycles. The summed E-state index contributed by atoms with van der Waals surface area (Å²) < 4.78 is 16.9. The largest absolute Gasteiger partial charge is 0.491 e. The van der Waals surface area contributed by atoms with E-state index in [1.165, 1.54) is 0 Å². The molecule has 2 rings (SSSR count). The molecule has 0 fully saturated rings. The highest BCUT2D eigenvalue weighted by Gasteiger charge is 2.20. The second-order valence-electron chi connectivity index (χ2n) is 7.09. The molecule has 0 bridgehead atoms. The van der Waals surface area contributed by atoms with E-state index in [1.54, 1.807) is 0 Å². The molecular weight excluding hydrogens is 330 g/mol. The van der Waals surface area contributed by atoms with Crippen molar-refractivity contribution < 1.29 is 19.0 Å². The second-order valence-corrected chi connectivity index (χ2v) is 7.09. The van der Waals surface area contributed by atoms with Crippen LogP contribution in [-0.2, 0) is 4.74 Å². The van der Waals surface area contributed by atoms with Crippen LogP contribution in [0.5, 0.6) is 11.5 Å². The minimum absolute atomic E-state index is 0.273. The summed E-state index contributed by atoms with van der Waals surface area (Å²) >= 11 is 0. The molecule has 0 spiro atoms. The van der Waals surface area contributed by atoms with E-state index in [-0.39, 0.29) is 19.3 Å². The lowest BCUT2D eigenvalue weighted by molar-refractivity contribution is 0.0465. The van der Waals surface area contributed by atoms with Crippen LogP contribution < -0.4 is 14.8 Å². The number of carbonyl (C=O) groups excluding carboxylic acids is 1. The lowest BCUT2D eigenvalue weighted by Gasteiger charge is -2.24. The maximum absolute atomic E-state index is 12.1. The van der Waals surface area contributed by atoms with Crippen molar-refractivity contribution in [1.82, 2.24) is 5.32 Å². The Labute approximate surface area is 155 Å². The van der Waals surface area contributed by atoms with Gasteiger partial charge >= 0.3 is 6.09 Å². The van der Waals surface area contributed by atoms with Crippen LogP contribution in [-0.4, -0.2) is 30.9 Å². The Hall–Kier alpha value is -2.69. The zero-order valence-corrected chi connectivity index (χ0v) is 15.8. The van der Waals surface area contributed by atoms with Gasteiger partial charge in [-0.25, -0.2) is 4.79 Å². The van der Waals surface area contributed by atoms with Gasteiger partial charge in [-0.1, -0.05) is 30.3 Å². The molecule has 26 heavy (non-hydrogen) atoms. The van der Waals surface area contributed by atoms with Crippen LogP contribution in [0.2, 0.25) is 0 Å². The minimum atomic E-state index is -0.563. The predicted molar refractivity (Wildman–Crippen MR) is 102 cm³/mol. The zero-order chi connectivity index (χ0) is 19.0. The Balaban J connectivity index is 1.96. The number of hydrogen-bond donors (Lipinski definition) is 1. The number of aryl methyl sites for hydroxylation is 1. The molecule has 140 valence electrons. The van der Waals surface area contributed by atoms with Crippen LogP contribution >= 0.6 is 0 Å². The van der Waals surface area contributed by atoms with Crippen LogP contribution in [0.4, 0.5) is 4.79 Å². The van der Waals surface area contributed by atoms with Gasteiger partial charge in [-0.05, 0) is 57.5 Å². The third-order valence-corrected chi connectivity index (χ3v) is 3.36. The normalized spacial score (nSPS) is 12.2. The number of rotatable bonds is 7. The van der Waals surface area contributed by atoms with Gasteiger partial charge < -0.3 is 19.5 Å². The third kappa shape index (κ3) is 7.47. The highest BCUT2D eigenvalue weighted by molar-refractivity contribution is 5.68. The van der Waals surface area contributed by atoms with Crippen molar-refractivity contribution in [3.63, 3.8) is 0 Å². The number of para-hydroxylation sites is 1. The van der Waals surface area contributed by atoms with E-state index in [1.807, 2.05) is 82.3 Å². The van der Waals surface area contributed by atoms with Crippen molar-refractivity contribution in [3.8, 4) is 11.5 Å². The summed E-state index contributed by atoms with van der Waals surface area (Å²) in [5.74, 6) is 1.49. The highest BCUT2D eigenvalue weighted by atomic mass is 16.6. The molecule has 2 aromatic rings. The monoisotopic (exact) mass is 357 g/mol. The second kappa shape index (κ2) is 9.13. The first-order valence-electron chi connectivity index (χ1n) is 8.69. The Bertz CT molecular complexity index is 695. The number of alkyl carbamates (subject to hydrolysis) is 1. The molecular formula is C21H27NO4. The smallest absolute Gasteiger partial charge is 0.408 e. The Morgan fingerprint density at radius 1 is 0.962 bits per heavy atom. The number of amides is 1. The van der Waals surface area contributed by atoms with Gasteiger partial charge in [0.05, 0.1) is 0 Å². The van der Waals surface area contributed by atoms with Gasteiger partial charge in [-0.3, -0.25) is 0 Å². The van der Waals surface area contributed by atoms with Crippen molar-refractivity contribution in [3.05, 3.63) is 60.2 Å². The van der Waals surface area contributed by atoms with Gasteiger partial charge in [0.25, 0.3) is 0 Å². The summed E-state index contributed by atoms with van der Waals surface area (Å²) in [6.45, 7) is 8.02. The Kier molecular flexibility index (Phi) is 6.89. The van der Waals surface area contributed by atoms with E-state index in [4.69, 9.17) is 14.2 Å². The van der Waals surface area contributed by atoms with Gasteiger partial charge in [-0.15, -0.1) is 0 Å². The standard InChI is InChI=1S/C21H27NO4/c1-16-9-8-12-19(13-16)25-15-17(22-20(23)26-21(2,3)4)14-24-18-10-6-5-7-11-18/h5-13,17H,14-15H2,1-4H3,(H,22,23)/t17-/m0/s1. The van der Waals surface area contributed by atoms with E-state index < -0.39 is 11.7 Å². The molecule has 0 aromatic heterocycles. The fourth-order valence-corrected chi connectivity index (χ4v) is 2.22. The first-order chi connectivity index (χ1) is 12.3. The van der Waals surface area contributed by atoms with Crippen molar-refractivity contribution in [2.24, 2.45) is 0 Å². The van der Waals surface area contributed by atoms with Gasteiger partial charge in [-0.2, -0.15) is 0 Å². The number of benzene rings is 2. The van der Waals surface area contributed by atoms with Crippen LogP contribution in [0, 0.1) is 6.92 Å². The van der Waals surface area contributed by atoms with Crippen molar-refractivity contribution in [1.29, 1.82) is 0 Å². The quantitative estimate of drug-likeness (QED) is 0.800. The molecule has 0 heterocycles. The Morgan fingerprint density at radius 2 is 1.58 bits per heavy atom. The van der Waals surface area contributed by atoms with E-state index in [2.05, 4.69) is 5.32 Å². The molecule has 0 saturated carbocycles. The number of nitrogens with one attached hydrogen (secondary N) is 1. The van der Waals surface area contributed by atoms with Gasteiger partial charge in [0.15, 0.2) is 0 Å².